The van der Waals surface area contributed by atoms with Gasteiger partial charge in [-0.05, 0) is 38.5 Å². The van der Waals surface area contributed by atoms with Gasteiger partial charge in [0.1, 0.15) is 17.2 Å². The average molecular weight is 376 g/mol. The lowest BCUT2D eigenvalue weighted by Crippen LogP contribution is -2.45. The number of hydrogen-bond donors (Lipinski definition) is 3. The van der Waals surface area contributed by atoms with Crippen LogP contribution >= 0.6 is 11.6 Å². The summed E-state index contributed by atoms with van der Waals surface area (Å²) in [6.07, 6.45) is 2.93. The maximum absolute atomic E-state index is 13.7. The van der Waals surface area contributed by atoms with Crippen molar-refractivity contribution in [2.24, 2.45) is 5.73 Å². The second kappa shape index (κ2) is 6.66. The molecule has 0 unspecified atom stereocenters. The highest BCUT2D eigenvalue weighted by Crippen LogP contribution is 2.31. The van der Waals surface area contributed by atoms with Crippen molar-refractivity contribution in [3.63, 3.8) is 0 Å². The number of nitrogens with one attached hydrogen (secondary N) is 2. The van der Waals surface area contributed by atoms with E-state index >= 15 is 0 Å². The summed E-state index contributed by atoms with van der Waals surface area (Å²) in [6.45, 7) is 5.80. The van der Waals surface area contributed by atoms with E-state index in [0.717, 1.165) is 10.9 Å². The van der Waals surface area contributed by atoms with Gasteiger partial charge in [0.15, 0.2) is 0 Å². The molecule has 3 aromatic rings. The van der Waals surface area contributed by atoms with Crippen LogP contribution in [-0.4, -0.2) is 32.9 Å². The van der Waals surface area contributed by atoms with Crippen LogP contribution < -0.4 is 11.1 Å². The van der Waals surface area contributed by atoms with E-state index in [1.54, 1.807) is 12.3 Å². The van der Waals surface area contributed by atoms with Crippen molar-refractivity contribution in [3.8, 4) is 11.4 Å². The summed E-state index contributed by atoms with van der Waals surface area (Å²) in [5.41, 5.74) is 8.10. The van der Waals surface area contributed by atoms with E-state index in [2.05, 4.69) is 20.3 Å². The molecule has 2 aromatic heterocycles. The summed E-state index contributed by atoms with van der Waals surface area (Å²) >= 11 is 5.87. The summed E-state index contributed by atoms with van der Waals surface area (Å²) in [6, 6.07) is 2.90. The van der Waals surface area contributed by atoms with Crippen LogP contribution in [0.1, 0.15) is 29.9 Å². The number of rotatable bonds is 4. The summed E-state index contributed by atoms with van der Waals surface area (Å²) < 4.78 is 13.7. The molecule has 0 radical (unpaired) electrons. The fraction of sp³-hybridized carbons (Fsp3) is 0.278. The molecule has 0 bridgehead atoms. The van der Waals surface area contributed by atoms with Gasteiger partial charge in [0, 0.05) is 23.0 Å². The van der Waals surface area contributed by atoms with Gasteiger partial charge < -0.3 is 16.0 Å². The number of halogens is 2. The molecule has 8 heteroatoms. The number of H-pyrrole nitrogens is 1. The highest BCUT2D eigenvalue weighted by atomic mass is 35.5. The van der Waals surface area contributed by atoms with Crippen LogP contribution in [-0.2, 0) is 0 Å². The SMILES string of the molecule is Cc1c(-c2cncc(C(=O)NCC(C)(C)N)n2)[nH]c2cc(F)c(Cl)cc12. The zero-order valence-electron chi connectivity index (χ0n) is 14.7. The van der Waals surface area contributed by atoms with Crippen LogP contribution in [0.3, 0.4) is 0 Å². The first-order valence-corrected chi connectivity index (χ1v) is 8.40. The number of carbonyl (C=O) groups is 1. The van der Waals surface area contributed by atoms with Crippen LogP contribution in [0, 0.1) is 12.7 Å². The number of aryl methyl sites for hydroxylation is 1. The van der Waals surface area contributed by atoms with Crippen LogP contribution in [0.15, 0.2) is 24.5 Å². The molecule has 0 saturated carbocycles. The number of aromatic nitrogens is 3. The van der Waals surface area contributed by atoms with Crippen molar-refractivity contribution < 1.29 is 9.18 Å². The average Bonchev–Trinajstić information content (AvgIpc) is 2.89. The summed E-state index contributed by atoms with van der Waals surface area (Å²) in [5, 5.41) is 3.57. The quantitative estimate of drug-likeness (QED) is 0.652. The summed E-state index contributed by atoms with van der Waals surface area (Å²) in [4.78, 5) is 23.9. The van der Waals surface area contributed by atoms with Crippen molar-refractivity contribution >= 4 is 28.4 Å². The summed E-state index contributed by atoms with van der Waals surface area (Å²) in [7, 11) is 0. The molecule has 0 fully saturated rings. The van der Waals surface area contributed by atoms with E-state index in [0.29, 0.717) is 23.4 Å². The third-order valence-electron chi connectivity index (χ3n) is 3.93. The molecule has 2 heterocycles. The van der Waals surface area contributed by atoms with Crippen LogP contribution in [0.4, 0.5) is 4.39 Å². The van der Waals surface area contributed by atoms with E-state index in [-0.39, 0.29) is 16.6 Å². The molecule has 1 amide bonds. The largest absolute Gasteiger partial charge is 0.353 e. The van der Waals surface area contributed by atoms with Gasteiger partial charge in [-0.3, -0.25) is 9.78 Å². The number of aromatic amines is 1. The van der Waals surface area contributed by atoms with Crippen LogP contribution in [0.2, 0.25) is 5.02 Å². The zero-order chi connectivity index (χ0) is 19.1. The van der Waals surface area contributed by atoms with Crippen LogP contribution in [0.5, 0.6) is 0 Å². The molecule has 4 N–H and O–H groups in total. The molecule has 0 saturated heterocycles. The van der Waals surface area contributed by atoms with E-state index in [9.17, 15) is 9.18 Å². The minimum absolute atomic E-state index is 0.0507. The second-order valence-corrected chi connectivity index (χ2v) is 7.30. The maximum Gasteiger partial charge on any atom is 0.271 e. The van der Waals surface area contributed by atoms with E-state index in [1.165, 1.54) is 12.3 Å². The van der Waals surface area contributed by atoms with Gasteiger partial charge in [-0.15, -0.1) is 0 Å². The minimum Gasteiger partial charge on any atom is -0.353 e. The number of carbonyl (C=O) groups excluding carboxylic acids is 1. The van der Waals surface area contributed by atoms with Crippen molar-refractivity contribution in [2.75, 3.05) is 6.54 Å². The topological polar surface area (TPSA) is 96.7 Å². The Kier molecular flexibility index (Phi) is 4.68. The maximum atomic E-state index is 13.7. The van der Waals surface area contributed by atoms with Crippen molar-refractivity contribution in [3.05, 3.63) is 46.6 Å². The van der Waals surface area contributed by atoms with Gasteiger partial charge in [0.2, 0.25) is 0 Å². The molecule has 6 nitrogen and oxygen atoms in total. The lowest BCUT2D eigenvalue weighted by molar-refractivity contribution is 0.0940. The molecule has 1 aromatic carbocycles. The van der Waals surface area contributed by atoms with Gasteiger partial charge in [-0.25, -0.2) is 9.37 Å². The predicted octanol–water partition coefficient (Wildman–Crippen LogP) is 3.19. The van der Waals surface area contributed by atoms with Gasteiger partial charge in [0.25, 0.3) is 5.91 Å². The van der Waals surface area contributed by atoms with E-state index < -0.39 is 11.4 Å². The lowest BCUT2D eigenvalue weighted by atomic mass is 10.1. The number of benzene rings is 1. The Labute approximate surface area is 155 Å². The first-order valence-electron chi connectivity index (χ1n) is 8.02. The third-order valence-corrected chi connectivity index (χ3v) is 4.22. The van der Waals surface area contributed by atoms with Crippen molar-refractivity contribution in [1.29, 1.82) is 0 Å². The third kappa shape index (κ3) is 3.68. The monoisotopic (exact) mass is 375 g/mol. The highest BCUT2D eigenvalue weighted by Gasteiger charge is 2.17. The molecular weight excluding hydrogens is 357 g/mol. The predicted molar refractivity (Wildman–Crippen MR) is 99.6 cm³/mol. The van der Waals surface area contributed by atoms with E-state index in [4.69, 9.17) is 17.3 Å². The standard InChI is InChI=1S/C18H19ClFN5O/c1-9-10-4-11(19)12(20)5-13(10)25-16(9)14-6-22-7-15(24-14)17(26)23-8-18(2,3)21/h4-7,25H,8,21H2,1-3H3,(H,23,26). The molecule has 0 atom stereocenters. The second-order valence-electron chi connectivity index (χ2n) is 6.90. The first kappa shape index (κ1) is 18.3. The molecule has 0 spiro atoms. The number of nitrogens with two attached hydrogens (primary N) is 1. The fourth-order valence-electron chi connectivity index (χ4n) is 2.57. The Morgan fingerprint density at radius 1 is 1.38 bits per heavy atom. The van der Waals surface area contributed by atoms with Crippen LogP contribution in [0.25, 0.3) is 22.3 Å². The number of fused-ring (bicyclic) bond motifs is 1. The van der Waals surface area contributed by atoms with Crippen molar-refractivity contribution in [2.45, 2.75) is 26.3 Å². The van der Waals surface area contributed by atoms with Gasteiger partial charge in [-0.1, -0.05) is 11.6 Å². The lowest BCUT2D eigenvalue weighted by Gasteiger charge is -2.18. The van der Waals surface area contributed by atoms with Gasteiger partial charge in [0.05, 0.1) is 23.1 Å². The van der Waals surface area contributed by atoms with Gasteiger partial charge >= 0.3 is 0 Å². The Morgan fingerprint density at radius 2 is 2.12 bits per heavy atom. The molecule has 26 heavy (non-hydrogen) atoms. The normalized spacial score (nSPS) is 11.8. The zero-order valence-corrected chi connectivity index (χ0v) is 15.4. The minimum atomic E-state index is -0.530. The molecule has 136 valence electrons. The van der Waals surface area contributed by atoms with Crippen molar-refractivity contribution in [1.82, 2.24) is 20.3 Å². The highest BCUT2D eigenvalue weighted by molar-refractivity contribution is 6.31. The number of nitrogens with zero attached hydrogens (tertiary/aromatic N) is 2. The number of hydrogen-bond acceptors (Lipinski definition) is 4. The smallest absolute Gasteiger partial charge is 0.271 e. The molecule has 0 aliphatic carbocycles. The fourth-order valence-corrected chi connectivity index (χ4v) is 2.74. The first-order chi connectivity index (χ1) is 12.2. The molecular formula is C18H19ClFN5O. The molecule has 0 aliphatic rings. The molecule has 3 rings (SSSR count). The molecule has 0 aliphatic heterocycles. The number of amides is 1. The summed E-state index contributed by atoms with van der Waals surface area (Å²) in [5.74, 6) is -0.865. The Balaban J connectivity index is 1.97. The van der Waals surface area contributed by atoms with Gasteiger partial charge in [-0.2, -0.15) is 0 Å². The Bertz CT molecular complexity index is 993. The Hall–Kier alpha value is -2.51. The Morgan fingerprint density at radius 3 is 2.81 bits per heavy atom. The van der Waals surface area contributed by atoms with E-state index in [1.807, 2.05) is 20.8 Å².